The molecule has 39 heavy (non-hydrogen) atoms. The van der Waals surface area contributed by atoms with Crippen molar-refractivity contribution in [1.82, 2.24) is 19.7 Å². The van der Waals surface area contributed by atoms with Crippen LogP contribution in [0, 0.1) is 0 Å². The first-order chi connectivity index (χ1) is 18.9. The van der Waals surface area contributed by atoms with E-state index in [2.05, 4.69) is 22.2 Å². The fourth-order valence-electron chi connectivity index (χ4n) is 5.16. The minimum absolute atomic E-state index is 0.0432. The average molecular weight is 564 g/mol. The quantitative estimate of drug-likeness (QED) is 0.342. The third-order valence-corrected chi connectivity index (χ3v) is 7.55. The van der Waals surface area contributed by atoms with E-state index in [1.54, 1.807) is 39.9 Å². The molecule has 2 aromatic heterocycles. The van der Waals surface area contributed by atoms with E-state index in [1.165, 1.54) is 5.56 Å². The van der Waals surface area contributed by atoms with Crippen molar-refractivity contribution in [3.8, 4) is 11.5 Å². The number of nitrogens with zero attached hydrogens (tertiary/aromatic N) is 3. The molecule has 2 aromatic carbocycles. The van der Waals surface area contributed by atoms with Gasteiger partial charge in [0.25, 0.3) is 0 Å². The minimum atomic E-state index is -0.428. The van der Waals surface area contributed by atoms with E-state index in [1.807, 2.05) is 30.5 Å². The molecule has 1 aliphatic carbocycles. The third kappa shape index (κ3) is 5.35. The van der Waals surface area contributed by atoms with Crippen molar-refractivity contribution in [2.24, 2.45) is 0 Å². The van der Waals surface area contributed by atoms with Crippen LogP contribution in [-0.2, 0) is 13.0 Å². The molecule has 10 heteroatoms. The van der Waals surface area contributed by atoms with Gasteiger partial charge in [0.15, 0.2) is 0 Å². The zero-order valence-corrected chi connectivity index (χ0v) is 22.5. The number of benzene rings is 2. The van der Waals surface area contributed by atoms with Gasteiger partial charge in [-0.15, -0.1) is 11.6 Å². The van der Waals surface area contributed by atoms with E-state index in [-0.39, 0.29) is 11.4 Å². The molecule has 2 aliphatic rings. The van der Waals surface area contributed by atoms with Crippen molar-refractivity contribution in [3.63, 3.8) is 0 Å². The Morgan fingerprint density at radius 3 is 2.62 bits per heavy atom. The monoisotopic (exact) mass is 563 g/mol. The summed E-state index contributed by atoms with van der Waals surface area (Å²) in [7, 11) is 0. The fourth-order valence-corrected chi connectivity index (χ4v) is 5.50. The van der Waals surface area contributed by atoms with Crippen molar-refractivity contribution in [2.45, 2.75) is 30.8 Å². The number of nitrogen functional groups attached to an aromatic ring is 1. The van der Waals surface area contributed by atoms with E-state index >= 15 is 0 Å². The highest BCUT2D eigenvalue weighted by atomic mass is 35.5. The predicted octanol–water partition coefficient (Wildman–Crippen LogP) is 4.24. The summed E-state index contributed by atoms with van der Waals surface area (Å²) in [6, 6.07) is 16.0. The predicted molar refractivity (Wildman–Crippen MR) is 152 cm³/mol. The molecule has 0 radical (unpaired) electrons. The number of fused-ring (bicyclic) bond motifs is 3. The summed E-state index contributed by atoms with van der Waals surface area (Å²) >= 11 is 12.5. The number of nitrogens with two attached hydrogens (primary N) is 1. The number of ether oxygens (including phenoxy) is 2. The summed E-state index contributed by atoms with van der Waals surface area (Å²) in [6.07, 6.45) is 7.08. The van der Waals surface area contributed by atoms with Gasteiger partial charge < -0.3 is 20.2 Å². The van der Waals surface area contributed by atoms with E-state index < -0.39 is 6.09 Å². The van der Waals surface area contributed by atoms with Gasteiger partial charge in [0.05, 0.1) is 11.9 Å². The smallest absolute Gasteiger partial charge is 0.416 e. The Morgan fingerprint density at radius 1 is 1.10 bits per heavy atom. The van der Waals surface area contributed by atoms with Crippen molar-refractivity contribution >= 4 is 47.3 Å². The number of amides is 1. The highest BCUT2D eigenvalue weighted by Crippen LogP contribution is 2.34. The molecule has 6 rings (SSSR count). The van der Waals surface area contributed by atoms with Crippen LogP contribution in [0.2, 0.25) is 5.02 Å². The van der Waals surface area contributed by atoms with Crippen molar-refractivity contribution < 1.29 is 14.3 Å². The largest absolute Gasteiger partial charge is 0.492 e. The summed E-state index contributed by atoms with van der Waals surface area (Å²) < 4.78 is 13.4. The molecule has 2 unspecified atom stereocenters. The molecule has 1 amide bonds. The molecule has 4 aromatic rings. The van der Waals surface area contributed by atoms with Crippen LogP contribution in [0.5, 0.6) is 11.5 Å². The Kier molecular flexibility index (Phi) is 6.97. The summed E-state index contributed by atoms with van der Waals surface area (Å²) in [4.78, 5) is 18.8. The summed E-state index contributed by atoms with van der Waals surface area (Å²) in [5.74, 6) is 1.64. The first-order valence-corrected chi connectivity index (χ1v) is 13.6. The second kappa shape index (κ2) is 10.7. The van der Waals surface area contributed by atoms with Gasteiger partial charge in [-0.05, 0) is 66.4 Å². The number of carbonyl (C=O) groups excluding carboxylic acids is 1. The average Bonchev–Trinajstić information content (AvgIpc) is 3.52. The Bertz CT molecular complexity index is 1610. The van der Waals surface area contributed by atoms with Gasteiger partial charge in [-0.25, -0.2) is 4.79 Å². The lowest BCUT2D eigenvalue weighted by Crippen LogP contribution is -2.43. The van der Waals surface area contributed by atoms with E-state index in [0.29, 0.717) is 42.7 Å². The highest BCUT2D eigenvalue weighted by molar-refractivity contribution is 6.30. The number of nitrogens with one attached hydrogen (secondary N) is 1. The molecule has 8 nitrogen and oxygen atoms in total. The van der Waals surface area contributed by atoms with Crippen LogP contribution < -0.4 is 25.8 Å². The number of hydrogen-bond donors (Lipinski definition) is 2. The fraction of sp³-hybridized carbons (Fsp3) is 0.241. The van der Waals surface area contributed by atoms with Gasteiger partial charge in [-0.2, -0.15) is 5.10 Å². The van der Waals surface area contributed by atoms with Crippen LogP contribution in [0.3, 0.4) is 0 Å². The lowest BCUT2D eigenvalue weighted by atomic mass is 9.92. The summed E-state index contributed by atoms with van der Waals surface area (Å²) in [6.45, 7) is 1.53. The molecule has 3 N–H and O–H groups in total. The molecule has 0 saturated heterocycles. The second-order valence-electron chi connectivity index (χ2n) is 9.56. The molecular formula is C29H27Cl2N5O3. The number of H-pyrrole nitrogens is 1. The molecule has 200 valence electrons. The van der Waals surface area contributed by atoms with Crippen LogP contribution in [-0.4, -0.2) is 44.3 Å². The molecule has 2 atom stereocenters. The lowest BCUT2D eigenvalue weighted by molar-refractivity contribution is 0.135. The number of aromatic nitrogens is 3. The van der Waals surface area contributed by atoms with Gasteiger partial charge in [-0.3, -0.25) is 9.58 Å². The minimum Gasteiger partial charge on any atom is -0.492 e. The Labute approximate surface area is 235 Å². The number of carbonyl (C=O) groups is 1. The number of halogens is 2. The molecule has 0 bridgehead atoms. The topological polar surface area (TPSA) is 98.4 Å². The molecule has 0 spiro atoms. The zero-order valence-electron chi connectivity index (χ0n) is 21.0. The maximum atomic E-state index is 13.5. The maximum absolute atomic E-state index is 13.5. The van der Waals surface area contributed by atoms with Gasteiger partial charge in [0.2, 0.25) is 0 Å². The normalized spacial score (nSPS) is 17.9. The van der Waals surface area contributed by atoms with Gasteiger partial charge >= 0.3 is 6.09 Å². The summed E-state index contributed by atoms with van der Waals surface area (Å²) in [5.41, 5.74) is 8.78. The lowest BCUT2D eigenvalue weighted by Gasteiger charge is -2.35. The Hall–Kier alpha value is -3.88. The Balaban J connectivity index is 1.28. The van der Waals surface area contributed by atoms with Gasteiger partial charge in [0.1, 0.15) is 30.0 Å². The van der Waals surface area contributed by atoms with Gasteiger partial charge in [0, 0.05) is 34.0 Å². The maximum Gasteiger partial charge on any atom is 0.416 e. The van der Waals surface area contributed by atoms with Crippen LogP contribution in [0.25, 0.3) is 12.2 Å². The number of hydrogen-bond acceptors (Lipinski definition) is 5. The first-order valence-electron chi connectivity index (χ1n) is 12.8. The number of alkyl halides is 1. The van der Waals surface area contributed by atoms with E-state index in [4.69, 9.17) is 38.4 Å². The van der Waals surface area contributed by atoms with Crippen molar-refractivity contribution in [1.29, 1.82) is 0 Å². The molecule has 0 fully saturated rings. The summed E-state index contributed by atoms with van der Waals surface area (Å²) in [5, 5.41) is 6.89. The number of aromatic amines is 1. The highest BCUT2D eigenvalue weighted by Gasteiger charge is 2.35. The molecule has 1 aliphatic heterocycles. The second-order valence-corrected chi connectivity index (χ2v) is 10.6. The number of anilines is 1. The van der Waals surface area contributed by atoms with Crippen LogP contribution in [0.1, 0.15) is 29.3 Å². The van der Waals surface area contributed by atoms with E-state index in [0.717, 1.165) is 34.0 Å². The number of rotatable bonds is 6. The Morgan fingerprint density at radius 2 is 1.87 bits per heavy atom. The van der Waals surface area contributed by atoms with E-state index in [9.17, 15) is 4.79 Å². The zero-order chi connectivity index (χ0) is 26.9. The van der Waals surface area contributed by atoms with Crippen LogP contribution in [0.4, 0.5) is 10.6 Å². The van der Waals surface area contributed by atoms with Crippen LogP contribution in [0.15, 0.2) is 60.8 Å². The van der Waals surface area contributed by atoms with Crippen LogP contribution >= 0.6 is 23.2 Å². The first kappa shape index (κ1) is 25.4. The SMILES string of the molecule is Nc1ccn(CCOc2ccc(C3c4[nH]c5c(c4CCN3C(=O)Oc3ccc(Cl)cc3)=CC(Cl)CC=5)cc2)n1. The van der Waals surface area contributed by atoms with Crippen molar-refractivity contribution in [2.75, 3.05) is 18.9 Å². The third-order valence-electron chi connectivity index (χ3n) is 6.99. The van der Waals surface area contributed by atoms with Gasteiger partial charge in [-0.1, -0.05) is 35.9 Å². The molecular weight excluding hydrogens is 537 g/mol. The molecule has 0 saturated carbocycles. The molecule has 3 heterocycles. The van der Waals surface area contributed by atoms with Crippen molar-refractivity contribution in [3.05, 3.63) is 93.2 Å². The standard InChI is InChI=1S/C29H27Cl2N5O3/c30-19-3-8-22(9-4-19)39-29(37)36-14-11-23-24-17-20(31)5-10-25(24)33-27(23)28(36)18-1-6-21(7-2-18)38-16-15-35-13-12-26(32)34-35/h1-4,6-10,12-13,17,20,28,33H,5,11,14-16H2,(H2,32,34).